The van der Waals surface area contributed by atoms with E-state index in [-0.39, 0.29) is 11.3 Å². The fourth-order valence-electron chi connectivity index (χ4n) is 2.42. The van der Waals surface area contributed by atoms with Gasteiger partial charge >= 0.3 is 5.97 Å². The van der Waals surface area contributed by atoms with Gasteiger partial charge in [-0.05, 0) is 22.6 Å². The summed E-state index contributed by atoms with van der Waals surface area (Å²) in [6.45, 7) is 4.11. The van der Waals surface area contributed by atoms with E-state index in [2.05, 4.69) is 26.0 Å². The van der Waals surface area contributed by atoms with Crippen LogP contribution in [0.3, 0.4) is 0 Å². The first-order valence-corrected chi connectivity index (χ1v) is 7.03. The van der Waals surface area contributed by atoms with Crippen LogP contribution in [-0.2, 0) is 10.5 Å². The number of aliphatic carboxylic acids is 1. The van der Waals surface area contributed by atoms with E-state index in [0.717, 1.165) is 11.5 Å². The first-order chi connectivity index (χ1) is 8.03. The third-order valence-electron chi connectivity index (χ3n) is 3.73. The Labute approximate surface area is 106 Å². The van der Waals surface area contributed by atoms with Gasteiger partial charge in [-0.15, -0.1) is 0 Å². The molecule has 0 unspecified atom stereocenters. The minimum atomic E-state index is -0.639. The molecule has 2 atom stereocenters. The molecule has 0 spiro atoms. The molecule has 1 N–H and O–H groups in total. The Morgan fingerprint density at radius 2 is 2.00 bits per heavy atom. The third kappa shape index (κ3) is 2.65. The van der Waals surface area contributed by atoms with E-state index in [0.29, 0.717) is 5.92 Å². The zero-order valence-corrected chi connectivity index (χ0v) is 11.0. The number of rotatable bonds is 5. The van der Waals surface area contributed by atoms with Gasteiger partial charge in [0.1, 0.15) is 0 Å². The highest BCUT2D eigenvalue weighted by Crippen LogP contribution is 2.59. The highest BCUT2D eigenvalue weighted by molar-refractivity contribution is 7.98. The predicted octanol–water partition coefficient (Wildman–Crippen LogP) is 3.28. The molecule has 0 aliphatic heterocycles. The van der Waals surface area contributed by atoms with Crippen LogP contribution < -0.4 is 0 Å². The first kappa shape index (κ1) is 12.5. The molecule has 1 aliphatic rings. The lowest BCUT2D eigenvalue weighted by Gasteiger charge is -2.03. The number of hydrogen-bond acceptors (Lipinski definition) is 2. The second-order valence-electron chi connectivity index (χ2n) is 5.24. The van der Waals surface area contributed by atoms with Gasteiger partial charge in [0.25, 0.3) is 0 Å². The molecule has 0 radical (unpaired) electrons. The fraction of sp³-hybridized carbons (Fsp3) is 0.500. The van der Waals surface area contributed by atoms with Gasteiger partial charge in [-0.2, -0.15) is 11.8 Å². The quantitative estimate of drug-likeness (QED) is 0.871. The molecule has 0 heterocycles. The summed E-state index contributed by atoms with van der Waals surface area (Å²) in [5, 5.41) is 9.07. The molecule has 1 saturated carbocycles. The van der Waals surface area contributed by atoms with E-state index in [1.165, 1.54) is 5.56 Å². The summed E-state index contributed by atoms with van der Waals surface area (Å²) in [6.07, 6.45) is 0. The van der Waals surface area contributed by atoms with Gasteiger partial charge < -0.3 is 5.11 Å². The van der Waals surface area contributed by atoms with E-state index in [4.69, 9.17) is 5.11 Å². The molecule has 1 aliphatic carbocycles. The van der Waals surface area contributed by atoms with Crippen molar-refractivity contribution in [3.63, 3.8) is 0 Å². The first-order valence-electron chi connectivity index (χ1n) is 5.88. The second-order valence-corrected chi connectivity index (χ2v) is 6.27. The predicted molar refractivity (Wildman–Crippen MR) is 71.0 cm³/mol. The molecule has 1 aromatic carbocycles. The Hall–Kier alpha value is -0.960. The van der Waals surface area contributed by atoms with Gasteiger partial charge in [0.15, 0.2) is 0 Å². The lowest BCUT2D eigenvalue weighted by atomic mass is 10.1. The molecular formula is C14H18O2S. The van der Waals surface area contributed by atoms with E-state index in [1.807, 2.05) is 30.0 Å². The Kier molecular flexibility index (Phi) is 3.48. The molecule has 2 nitrogen and oxygen atoms in total. The molecule has 0 bridgehead atoms. The maximum Gasteiger partial charge on any atom is 0.307 e. The van der Waals surface area contributed by atoms with Crippen molar-refractivity contribution in [2.24, 2.45) is 17.3 Å². The number of carboxylic acids is 1. The van der Waals surface area contributed by atoms with Crippen molar-refractivity contribution in [1.29, 1.82) is 0 Å². The summed E-state index contributed by atoms with van der Waals surface area (Å²) in [4.78, 5) is 11.0. The molecule has 0 aromatic heterocycles. The number of thioether (sulfide) groups is 1. The monoisotopic (exact) mass is 250 g/mol. The van der Waals surface area contributed by atoms with E-state index in [1.54, 1.807) is 0 Å². The van der Waals surface area contributed by atoms with Crippen LogP contribution >= 0.6 is 11.8 Å². The number of carbonyl (C=O) groups is 1. The largest absolute Gasteiger partial charge is 0.481 e. The molecule has 1 aromatic rings. The summed E-state index contributed by atoms with van der Waals surface area (Å²) in [7, 11) is 0. The molecular weight excluding hydrogens is 232 g/mol. The molecule has 1 fully saturated rings. The number of carboxylic acid groups (broad SMARTS) is 1. The second kappa shape index (κ2) is 4.73. The summed E-state index contributed by atoms with van der Waals surface area (Å²) in [6, 6.07) is 10.3. The van der Waals surface area contributed by atoms with Crippen LogP contribution in [0.1, 0.15) is 19.4 Å². The van der Waals surface area contributed by atoms with Crippen LogP contribution in [0, 0.1) is 17.3 Å². The van der Waals surface area contributed by atoms with Crippen molar-refractivity contribution < 1.29 is 9.90 Å². The third-order valence-corrected chi connectivity index (χ3v) is 4.86. The maximum absolute atomic E-state index is 11.0. The van der Waals surface area contributed by atoms with Crippen LogP contribution in [0.2, 0.25) is 0 Å². The van der Waals surface area contributed by atoms with Crippen LogP contribution in [0.25, 0.3) is 0 Å². The lowest BCUT2D eigenvalue weighted by molar-refractivity contribution is -0.139. The Balaban J connectivity index is 1.79. The zero-order chi connectivity index (χ0) is 12.5. The van der Waals surface area contributed by atoms with Gasteiger partial charge in [-0.1, -0.05) is 44.2 Å². The number of benzene rings is 1. The Bertz CT molecular complexity index is 400. The SMILES string of the molecule is CC1(C)[C@H](C(=O)O)[C@@H]1CSCc1ccccc1. The van der Waals surface area contributed by atoms with E-state index in [9.17, 15) is 4.79 Å². The summed E-state index contributed by atoms with van der Waals surface area (Å²) >= 11 is 1.84. The molecule has 17 heavy (non-hydrogen) atoms. The van der Waals surface area contributed by atoms with Crippen molar-refractivity contribution in [3.8, 4) is 0 Å². The van der Waals surface area contributed by atoms with Gasteiger partial charge in [-0.25, -0.2) is 0 Å². The van der Waals surface area contributed by atoms with Crippen molar-refractivity contribution in [1.82, 2.24) is 0 Å². The maximum atomic E-state index is 11.0. The minimum Gasteiger partial charge on any atom is -0.481 e. The van der Waals surface area contributed by atoms with Crippen molar-refractivity contribution >= 4 is 17.7 Å². The van der Waals surface area contributed by atoms with E-state index >= 15 is 0 Å². The highest BCUT2D eigenvalue weighted by Gasteiger charge is 2.61. The number of hydrogen-bond donors (Lipinski definition) is 1. The molecule has 92 valence electrons. The summed E-state index contributed by atoms with van der Waals surface area (Å²) in [5.74, 6) is 1.46. The zero-order valence-electron chi connectivity index (χ0n) is 10.2. The Morgan fingerprint density at radius 1 is 1.35 bits per heavy atom. The molecule has 0 saturated heterocycles. The van der Waals surface area contributed by atoms with Crippen LogP contribution in [0.5, 0.6) is 0 Å². The molecule has 3 heteroatoms. The van der Waals surface area contributed by atoms with Crippen molar-refractivity contribution in [3.05, 3.63) is 35.9 Å². The average Bonchev–Trinajstić information content (AvgIpc) is 2.82. The standard InChI is InChI=1S/C14H18O2S/c1-14(2)11(12(14)13(15)16)9-17-8-10-6-4-3-5-7-10/h3-7,11-12H,8-9H2,1-2H3,(H,15,16)/t11-,12-/m0/s1. The van der Waals surface area contributed by atoms with Gasteiger partial charge in [0, 0.05) is 5.75 Å². The normalized spacial score (nSPS) is 25.5. The summed E-state index contributed by atoms with van der Waals surface area (Å²) < 4.78 is 0. The fourth-order valence-corrected chi connectivity index (χ4v) is 3.85. The smallest absolute Gasteiger partial charge is 0.307 e. The van der Waals surface area contributed by atoms with Crippen LogP contribution in [0.15, 0.2) is 30.3 Å². The van der Waals surface area contributed by atoms with Crippen LogP contribution in [0.4, 0.5) is 0 Å². The van der Waals surface area contributed by atoms with Gasteiger partial charge in [0.05, 0.1) is 5.92 Å². The van der Waals surface area contributed by atoms with Crippen molar-refractivity contribution in [2.45, 2.75) is 19.6 Å². The topological polar surface area (TPSA) is 37.3 Å². The van der Waals surface area contributed by atoms with Crippen molar-refractivity contribution in [2.75, 3.05) is 5.75 Å². The molecule has 2 rings (SSSR count). The minimum absolute atomic E-state index is 0.0183. The summed E-state index contributed by atoms with van der Waals surface area (Å²) in [5.41, 5.74) is 1.29. The Morgan fingerprint density at radius 3 is 2.53 bits per heavy atom. The average molecular weight is 250 g/mol. The van der Waals surface area contributed by atoms with Gasteiger partial charge in [0.2, 0.25) is 0 Å². The lowest BCUT2D eigenvalue weighted by Crippen LogP contribution is -2.03. The highest BCUT2D eigenvalue weighted by atomic mass is 32.2. The van der Waals surface area contributed by atoms with Gasteiger partial charge in [-0.3, -0.25) is 4.79 Å². The van der Waals surface area contributed by atoms with Crippen LogP contribution in [-0.4, -0.2) is 16.8 Å². The molecule has 0 amide bonds. The van der Waals surface area contributed by atoms with E-state index < -0.39 is 5.97 Å².